The average Bonchev–Trinajstić information content (AvgIpc) is 2.59. The molecule has 6 heteroatoms. The second-order valence-corrected chi connectivity index (χ2v) is 6.85. The number of aliphatic hydroxyl groups is 1. The van der Waals surface area contributed by atoms with Gasteiger partial charge in [-0.15, -0.1) is 0 Å². The van der Waals surface area contributed by atoms with E-state index in [1.165, 1.54) is 32.7 Å². The van der Waals surface area contributed by atoms with Crippen molar-refractivity contribution in [1.82, 2.24) is 19.6 Å². The van der Waals surface area contributed by atoms with Crippen molar-refractivity contribution in [3.8, 4) is 0 Å². The first kappa shape index (κ1) is 19.1. The Balaban J connectivity index is 1.43. The Hall–Kier alpha value is -0.240. The molecule has 1 atom stereocenters. The van der Waals surface area contributed by atoms with Gasteiger partial charge in [0.2, 0.25) is 0 Å². The van der Waals surface area contributed by atoms with E-state index in [1.54, 1.807) is 0 Å². The van der Waals surface area contributed by atoms with Crippen LogP contribution in [0.2, 0.25) is 0 Å². The smallest absolute Gasteiger partial charge is 0.109 e. The topological polar surface area (TPSA) is 42.4 Å². The molecule has 0 saturated carbocycles. The molecule has 2 fully saturated rings. The Morgan fingerprint density at radius 1 is 0.913 bits per heavy atom. The van der Waals surface area contributed by atoms with Crippen molar-refractivity contribution in [3.05, 3.63) is 0 Å². The first-order chi connectivity index (χ1) is 11.2. The van der Waals surface area contributed by atoms with E-state index in [1.807, 2.05) is 0 Å². The molecule has 23 heavy (non-hydrogen) atoms. The average molecular weight is 329 g/mol. The summed E-state index contributed by atoms with van der Waals surface area (Å²) in [7, 11) is 2.13. The third-order valence-electron chi connectivity index (χ3n) is 5.15. The van der Waals surface area contributed by atoms with Crippen LogP contribution in [-0.4, -0.2) is 117 Å². The molecule has 1 N–H and O–H groups in total. The van der Waals surface area contributed by atoms with Crippen LogP contribution in [0.25, 0.3) is 0 Å². The fraction of sp³-hybridized carbons (Fsp3) is 1.00. The number of hydrogen-bond donors (Lipinski definition) is 1. The highest BCUT2D eigenvalue weighted by Gasteiger charge is 2.20. The monoisotopic (exact) mass is 328 g/mol. The van der Waals surface area contributed by atoms with Crippen LogP contribution >= 0.6 is 0 Å². The molecule has 2 aliphatic heterocycles. The molecule has 0 aromatic rings. The molecule has 0 aromatic carbocycles. The molecular formula is C17H36N4O2. The van der Waals surface area contributed by atoms with Crippen LogP contribution in [-0.2, 0) is 4.74 Å². The minimum absolute atomic E-state index is 0.342. The van der Waals surface area contributed by atoms with Crippen molar-refractivity contribution in [1.29, 1.82) is 0 Å². The lowest BCUT2D eigenvalue weighted by molar-refractivity contribution is -0.0415. The van der Waals surface area contributed by atoms with Gasteiger partial charge in [-0.3, -0.25) is 4.90 Å². The van der Waals surface area contributed by atoms with E-state index in [0.717, 1.165) is 52.2 Å². The predicted molar refractivity (Wildman–Crippen MR) is 93.7 cm³/mol. The van der Waals surface area contributed by atoms with Crippen molar-refractivity contribution in [2.24, 2.45) is 0 Å². The predicted octanol–water partition coefficient (Wildman–Crippen LogP) is -0.0135. The SMILES string of the molecule is CCN1CCN(CCCOCCC(O)N2CCN(C)CC2)CC1. The molecule has 6 nitrogen and oxygen atoms in total. The summed E-state index contributed by atoms with van der Waals surface area (Å²) in [5.74, 6) is 0. The zero-order valence-electron chi connectivity index (χ0n) is 15.1. The Labute approximate surface area is 142 Å². The summed E-state index contributed by atoms with van der Waals surface area (Å²) in [5, 5.41) is 10.2. The molecule has 2 aliphatic rings. The second kappa shape index (κ2) is 10.6. The lowest BCUT2D eigenvalue weighted by Crippen LogP contribution is -2.49. The molecule has 0 spiro atoms. The molecule has 136 valence electrons. The van der Waals surface area contributed by atoms with Crippen molar-refractivity contribution in [2.45, 2.75) is 26.0 Å². The molecule has 2 rings (SSSR count). The van der Waals surface area contributed by atoms with Gasteiger partial charge in [0, 0.05) is 71.9 Å². The Kier molecular flexibility index (Phi) is 8.79. The van der Waals surface area contributed by atoms with Crippen LogP contribution in [0, 0.1) is 0 Å². The van der Waals surface area contributed by atoms with Crippen LogP contribution < -0.4 is 0 Å². The summed E-state index contributed by atoms with van der Waals surface area (Å²) in [6, 6.07) is 0. The third kappa shape index (κ3) is 7.03. The van der Waals surface area contributed by atoms with E-state index >= 15 is 0 Å². The van der Waals surface area contributed by atoms with Gasteiger partial charge >= 0.3 is 0 Å². The van der Waals surface area contributed by atoms with Gasteiger partial charge in [0.05, 0.1) is 6.61 Å². The van der Waals surface area contributed by atoms with Crippen LogP contribution in [0.1, 0.15) is 19.8 Å². The van der Waals surface area contributed by atoms with Gasteiger partial charge in [-0.2, -0.15) is 0 Å². The van der Waals surface area contributed by atoms with Crippen LogP contribution in [0.15, 0.2) is 0 Å². The van der Waals surface area contributed by atoms with Gasteiger partial charge in [0.1, 0.15) is 6.23 Å². The molecule has 0 radical (unpaired) electrons. The quantitative estimate of drug-likeness (QED) is 0.601. The Morgan fingerprint density at radius 3 is 2.22 bits per heavy atom. The standard InChI is InChI=1S/C17H36N4O2/c1-3-19-9-11-20(12-10-19)6-4-15-23-16-5-17(22)21-13-7-18(2)8-14-21/h17,22H,3-16H2,1-2H3. The third-order valence-corrected chi connectivity index (χ3v) is 5.15. The van der Waals surface area contributed by atoms with E-state index < -0.39 is 0 Å². The Morgan fingerprint density at radius 2 is 1.57 bits per heavy atom. The molecule has 2 saturated heterocycles. The lowest BCUT2D eigenvalue weighted by atomic mass is 10.3. The fourth-order valence-electron chi connectivity index (χ4n) is 3.31. The number of aliphatic hydroxyl groups excluding tert-OH is 1. The summed E-state index contributed by atoms with van der Waals surface area (Å²) in [6.45, 7) is 14.8. The van der Waals surface area contributed by atoms with E-state index in [0.29, 0.717) is 6.61 Å². The highest BCUT2D eigenvalue weighted by Crippen LogP contribution is 2.07. The Bertz CT molecular complexity index is 303. The fourth-order valence-corrected chi connectivity index (χ4v) is 3.31. The van der Waals surface area contributed by atoms with Crippen molar-refractivity contribution in [3.63, 3.8) is 0 Å². The molecular weight excluding hydrogens is 292 g/mol. The zero-order valence-corrected chi connectivity index (χ0v) is 15.1. The van der Waals surface area contributed by atoms with Gasteiger partial charge in [0.25, 0.3) is 0 Å². The maximum absolute atomic E-state index is 10.2. The van der Waals surface area contributed by atoms with E-state index in [2.05, 4.69) is 33.6 Å². The zero-order chi connectivity index (χ0) is 16.5. The highest BCUT2D eigenvalue weighted by atomic mass is 16.5. The van der Waals surface area contributed by atoms with E-state index in [9.17, 15) is 5.11 Å². The molecule has 0 bridgehead atoms. The van der Waals surface area contributed by atoms with Crippen LogP contribution in [0.5, 0.6) is 0 Å². The summed E-state index contributed by atoms with van der Waals surface area (Å²) >= 11 is 0. The second-order valence-electron chi connectivity index (χ2n) is 6.85. The molecule has 0 aliphatic carbocycles. The molecule has 1 unspecified atom stereocenters. The summed E-state index contributed by atoms with van der Waals surface area (Å²) in [4.78, 5) is 9.51. The number of piperazine rings is 2. The van der Waals surface area contributed by atoms with Crippen LogP contribution in [0.4, 0.5) is 0 Å². The number of hydrogen-bond acceptors (Lipinski definition) is 6. The van der Waals surface area contributed by atoms with Crippen molar-refractivity contribution < 1.29 is 9.84 Å². The van der Waals surface area contributed by atoms with Gasteiger partial charge in [0.15, 0.2) is 0 Å². The minimum Gasteiger partial charge on any atom is -0.381 e. The van der Waals surface area contributed by atoms with Crippen molar-refractivity contribution in [2.75, 3.05) is 85.7 Å². The summed E-state index contributed by atoms with van der Waals surface area (Å²) in [6.07, 6.45) is 1.47. The van der Waals surface area contributed by atoms with Gasteiger partial charge in [-0.1, -0.05) is 6.92 Å². The van der Waals surface area contributed by atoms with Gasteiger partial charge in [-0.05, 0) is 20.0 Å². The summed E-state index contributed by atoms with van der Waals surface area (Å²) in [5.41, 5.74) is 0. The molecule has 0 aromatic heterocycles. The number of rotatable bonds is 9. The van der Waals surface area contributed by atoms with Crippen LogP contribution in [0.3, 0.4) is 0 Å². The molecule has 0 amide bonds. The maximum Gasteiger partial charge on any atom is 0.109 e. The lowest BCUT2D eigenvalue weighted by Gasteiger charge is -2.35. The first-order valence-corrected chi connectivity index (χ1v) is 9.32. The van der Waals surface area contributed by atoms with Gasteiger partial charge in [-0.25, -0.2) is 0 Å². The normalized spacial score (nSPS) is 24.1. The van der Waals surface area contributed by atoms with E-state index in [4.69, 9.17) is 4.74 Å². The van der Waals surface area contributed by atoms with Gasteiger partial charge < -0.3 is 24.5 Å². The number of ether oxygens (including phenoxy) is 1. The minimum atomic E-state index is -0.342. The maximum atomic E-state index is 10.2. The van der Waals surface area contributed by atoms with E-state index in [-0.39, 0.29) is 6.23 Å². The van der Waals surface area contributed by atoms with Crippen molar-refractivity contribution >= 4 is 0 Å². The number of nitrogens with zero attached hydrogens (tertiary/aromatic N) is 4. The highest BCUT2D eigenvalue weighted by molar-refractivity contribution is 4.72. The largest absolute Gasteiger partial charge is 0.381 e. The summed E-state index contributed by atoms with van der Waals surface area (Å²) < 4.78 is 5.72. The number of likely N-dealkylation sites (N-methyl/N-ethyl adjacent to an activating group) is 2. The molecule has 2 heterocycles. The first-order valence-electron chi connectivity index (χ1n) is 9.32.